The van der Waals surface area contributed by atoms with E-state index in [1.54, 1.807) is 0 Å². The van der Waals surface area contributed by atoms with Gasteiger partial charge in [-0.2, -0.15) is 0 Å². The van der Waals surface area contributed by atoms with Crippen molar-refractivity contribution in [1.82, 2.24) is 0 Å². The summed E-state index contributed by atoms with van der Waals surface area (Å²) in [5.41, 5.74) is 11.8. The second-order valence-corrected chi connectivity index (χ2v) is 13.2. The summed E-state index contributed by atoms with van der Waals surface area (Å²) in [7, 11) is 0. The average Bonchev–Trinajstić information content (AvgIpc) is 3.19. The van der Waals surface area contributed by atoms with E-state index in [1.807, 2.05) is 72.8 Å². The molecule has 0 radical (unpaired) electrons. The summed E-state index contributed by atoms with van der Waals surface area (Å²) >= 11 is 0. The molecule has 0 saturated carbocycles. The number of hydrogen-bond donors (Lipinski definition) is 4. The van der Waals surface area contributed by atoms with Crippen molar-refractivity contribution < 1.29 is 9.59 Å². The summed E-state index contributed by atoms with van der Waals surface area (Å²) in [6.45, 7) is 8.48. The van der Waals surface area contributed by atoms with Crippen molar-refractivity contribution in [2.75, 3.05) is 21.3 Å². The zero-order valence-electron chi connectivity index (χ0n) is 30.2. The summed E-state index contributed by atoms with van der Waals surface area (Å²) < 4.78 is 0. The number of fused-ring (bicyclic) bond motifs is 2. The lowest BCUT2D eigenvalue weighted by Gasteiger charge is -2.27. The molecular formula is C46H44N4O2. The summed E-state index contributed by atoms with van der Waals surface area (Å²) in [4.78, 5) is 30.3. The Hall–Kier alpha value is -6.14. The van der Waals surface area contributed by atoms with Crippen LogP contribution in [0.2, 0.25) is 0 Å². The molecule has 0 amide bonds. The first-order valence-corrected chi connectivity index (χ1v) is 18.3. The van der Waals surface area contributed by atoms with Crippen molar-refractivity contribution in [3.63, 3.8) is 0 Å². The van der Waals surface area contributed by atoms with Crippen LogP contribution in [0.1, 0.15) is 81.8 Å². The van der Waals surface area contributed by atoms with Crippen LogP contribution < -0.4 is 21.3 Å². The highest BCUT2D eigenvalue weighted by Gasteiger charge is 2.38. The molecular weight excluding hydrogens is 641 g/mol. The van der Waals surface area contributed by atoms with Crippen molar-refractivity contribution in [3.8, 4) is 0 Å². The lowest BCUT2D eigenvalue weighted by molar-refractivity contribution is 0.0981. The lowest BCUT2D eigenvalue weighted by Crippen LogP contribution is -2.25. The molecule has 260 valence electrons. The molecule has 52 heavy (non-hydrogen) atoms. The summed E-state index contributed by atoms with van der Waals surface area (Å²) in [6, 6.07) is 40.2. The number of aryl methyl sites for hydroxylation is 4. The number of ketones is 2. The van der Waals surface area contributed by atoms with E-state index in [2.05, 4.69) is 97.5 Å². The molecule has 0 aliphatic heterocycles. The van der Waals surface area contributed by atoms with E-state index < -0.39 is 0 Å². The van der Waals surface area contributed by atoms with Gasteiger partial charge >= 0.3 is 0 Å². The Morgan fingerprint density at radius 1 is 0.308 bits per heavy atom. The van der Waals surface area contributed by atoms with Gasteiger partial charge in [-0.3, -0.25) is 9.59 Å². The lowest BCUT2D eigenvalue weighted by atomic mass is 9.80. The molecule has 0 heterocycles. The Morgan fingerprint density at radius 2 is 0.500 bits per heavy atom. The SMILES string of the molecule is CCc1ccc(Nc2ccc(Nc3ccc(CC)cc3)c3c2C(=O)c2c(Nc4ccc(CC)cc4)ccc(Nc4ccc(CC)cc4)c2C3=O)cc1. The smallest absolute Gasteiger partial charge is 0.198 e. The Kier molecular flexibility index (Phi) is 9.90. The first-order chi connectivity index (χ1) is 25.4. The van der Waals surface area contributed by atoms with Gasteiger partial charge in [0.15, 0.2) is 11.6 Å². The zero-order chi connectivity index (χ0) is 36.2. The predicted molar refractivity (Wildman–Crippen MR) is 216 cm³/mol. The first kappa shape index (κ1) is 34.3. The van der Waals surface area contributed by atoms with Gasteiger partial charge in [-0.1, -0.05) is 76.2 Å². The second-order valence-electron chi connectivity index (χ2n) is 13.2. The van der Waals surface area contributed by atoms with Gasteiger partial charge < -0.3 is 21.3 Å². The molecule has 0 saturated heterocycles. The monoisotopic (exact) mass is 684 g/mol. The minimum atomic E-state index is -0.236. The highest BCUT2D eigenvalue weighted by atomic mass is 16.1. The van der Waals surface area contributed by atoms with E-state index in [0.717, 1.165) is 48.4 Å². The van der Waals surface area contributed by atoms with Gasteiger partial charge in [-0.15, -0.1) is 0 Å². The van der Waals surface area contributed by atoms with Crippen molar-refractivity contribution in [2.45, 2.75) is 53.4 Å². The number of carbonyl (C=O) groups excluding carboxylic acids is 2. The van der Waals surface area contributed by atoms with Crippen molar-refractivity contribution in [3.05, 3.63) is 166 Å². The molecule has 7 rings (SSSR count). The number of rotatable bonds is 12. The molecule has 6 aromatic rings. The van der Waals surface area contributed by atoms with E-state index in [4.69, 9.17) is 0 Å². The van der Waals surface area contributed by atoms with Crippen LogP contribution in [0, 0.1) is 0 Å². The molecule has 6 aromatic carbocycles. The number of anilines is 8. The number of nitrogens with one attached hydrogen (secondary N) is 4. The van der Waals surface area contributed by atoms with Crippen LogP contribution in [-0.2, 0) is 25.7 Å². The Bertz CT molecular complexity index is 1920. The van der Waals surface area contributed by atoms with Crippen LogP contribution in [0.25, 0.3) is 0 Å². The Labute approximate surface area is 306 Å². The molecule has 0 atom stereocenters. The van der Waals surface area contributed by atoms with Crippen molar-refractivity contribution >= 4 is 57.1 Å². The molecule has 1 aliphatic carbocycles. The van der Waals surface area contributed by atoms with Crippen LogP contribution >= 0.6 is 0 Å². The number of hydrogen-bond acceptors (Lipinski definition) is 6. The van der Waals surface area contributed by atoms with Crippen LogP contribution in [-0.4, -0.2) is 11.6 Å². The van der Waals surface area contributed by atoms with Gasteiger partial charge in [0.2, 0.25) is 0 Å². The Balaban J connectivity index is 1.39. The van der Waals surface area contributed by atoms with Gasteiger partial charge in [-0.05, 0) is 121 Å². The van der Waals surface area contributed by atoms with E-state index in [1.165, 1.54) is 22.3 Å². The molecule has 0 bridgehead atoms. The highest BCUT2D eigenvalue weighted by molar-refractivity contribution is 6.35. The fourth-order valence-electron chi connectivity index (χ4n) is 6.73. The molecule has 0 unspecified atom stereocenters. The molecule has 4 N–H and O–H groups in total. The van der Waals surface area contributed by atoms with Gasteiger partial charge in [0.05, 0.1) is 45.0 Å². The van der Waals surface area contributed by atoms with E-state index in [-0.39, 0.29) is 11.6 Å². The first-order valence-electron chi connectivity index (χ1n) is 18.3. The Morgan fingerprint density at radius 3 is 0.673 bits per heavy atom. The maximum absolute atomic E-state index is 15.2. The molecule has 0 fully saturated rings. The molecule has 1 aliphatic rings. The van der Waals surface area contributed by atoms with Crippen LogP contribution in [0.3, 0.4) is 0 Å². The minimum absolute atomic E-state index is 0.236. The fraction of sp³-hybridized carbons (Fsp3) is 0.174. The van der Waals surface area contributed by atoms with Gasteiger partial charge in [-0.25, -0.2) is 0 Å². The standard InChI is InChI=1S/C46H44N4O2/c1-5-29-9-17-33(18-10-29)47-37-25-26-38(48-34-19-11-30(6-2)12-20-34)42-41(37)45(51)43-39(49-35-21-13-31(7-3)14-22-35)27-28-40(44(43)46(42)52)50-36-23-15-32(8-4)16-24-36/h9-28,47-50H,5-8H2,1-4H3. The summed E-state index contributed by atoms with van der Waals surface area (Å²) in [6.07, 6.45) is 3.70. The van der Waals surface area contributed by atoms with Crippen molar-refractivity contribution in [1.29, 1.82) is 0 Å². The normalized spacial score (nSPS) is 11.8. The molecule has 6 heteroatoms. The van der Waals surface area contributed by atoms with E-state index in [0.29, 0.717) is 45.0 Å². The number of carbonyl (C=O) groups is 2. The molecule has 0 aromatic heterocycles. The van der Waals surface area contributed by atoms with Crippen LogP contribution in [0.15, 0.2) is 121 Å². The topological polar surface area (TPSA) is 82.3 Å². The highest BCUT2D eigenvalue weighted by Crippen LogP contribution is 2.44. The third kappa shape index (κ3) is 6.93. The summed E-state index contributed by atoms with van der Waals surface area (Å²) in [5.74, 6) is -0.472. The average molecular weight is 685 g/mol. The van der Waals surface area contributed by atoms with Crippen molar-refractivity contribution in [2.24, 2.45) is 0 Å². The second kappa shape index (κ2) is 15.0. The predicted octanol–water partition coefficient (Wildman–Crippen LogP) is 11.7. The summed E-state index contributed by atoms with van der Waals surface area (Å²) in [5, 5.41) is 13.9. The third-order valence-corrected chi connectivity index (χ3v) is 9.88. The van der Waals surface area contributed by atoms with Crippen LogP contribution in [0.4, 0.5) is 45.5 Å². The fourth-order valence-corrected chi connectivity index (χ4v) is 6.73. The van der Waals surface area contributed by atoms with Gasteiger partial charge in [0.1, 0.15) is 0 Å². The van der Waals surface area contributed by atoms with Gasteiger partial charge in [0.25, 0.3) is 0 Å². The molecule has 6 nitrogen and oxygen atoms in total. The third-order valence-electron chi connectivity index (χ3n) is 9.88. The largest absolute Gasteiger partial charge is 0.355 e. The van der Waals surface area contributed by atoms with E-state index >= 15 is 9.59 Å². The number of benzene rings is 6. The quantitative estimate of drug-likeness (QED) is 0.103. The zero-order valence-corrected chi connectivity index (χ0v) is 30.2. The van der Waals surface area contributed by atoms with E-state index in [9.17, 15) is 0 Å². The van der Waals surface area contributed by atoms with Gasteiger partial charge in [0, 0.05) is 22.7 Å². The maximum Gasteiger partial charge on any atom is 0.198 e. The minimum Gasteiger partial charge on any atom is -0.355 e. The van der Waals surface area contributed by atoms with Crippen LogP contribution in [0.5, 0.6) is 0 Å². The maximum atomic E-state index is 15.2. The molecule has 0 spiro atoms.